The molecule has 0 radical (unpaired) electrons. The lowest BCUT2D eigenvalue weighted by Gasteiger charge is -2.11. The van der Waals surface area contributed by atoms with E-state index in [4.69, 9.17) is 0 Å². The van der Waals surface area contributed by atoms with Crippen LogP contribution in [0, 0.1) is 11.6 Å². The van der Waals surface area contributed by atoms with Crippen LogP contribution in [0.5, 0.6) is 0 Å². The predicted molar refractivity (Wildman–Crippen MR) is 100 cm³/mol. The van der Waals surface area contributed by atoms with Crippen molar-refractivity contribution in [2.45, 2.75) is 11.7 Å². The first-order valence-electron chi connectivity index (χ1n) is 8.17. The Bertz CT molecular complexity index is 1170. The van der Waals surface area contributed by atoms with Gasteiger partial charge in [-0.25, -0.2) is 13.8 Å². The molecule has 2 aromatic heterocycles. The van der Waals surface area contributed by atoms with Crippen LogP contribution >= 0.6 is 12.6 Å². The van der Waals surface area contributed by atoms with Crippen LogP contribution in [0.2, 0.25) is 0 Å². The second-order valence-electron chi connectivity index (χ2n) is 6.03. The average Bonchev–Trinajstić information content (AvgIpc) is 3.07. The second-order valence-corrected chi connectivity index (χ2v) is 6.55. The van der Waals surface area contributed by atoms with Crippen LogP contribution in [0.25, 0.3) is 5.78 Å². The Balaban J connectivity index is 1.73. The number of aromatic nitrogens is 4. The van der Waals surface area contributed by atoms with E-state index < -0.39 is 22.4 Å². The number of hydrogen-bond donors (Lipinski definition) is 2. The standard InChI is InChI=1S/C19H14F2N4OS/c20-13-8-4-7-12(17(13)21)18(27)14-10-16(26)25-19(22-14)23-15(24-25)9-11-5-2-1-3-6-11/h1-8,10,18,27H,9H2,(H,22,23,24). The fourth-order valence-electron chi connectivity index (χ4n) is 2.84. The number of fused-ring (bicyclic) bond motifs is 1. The number of nitrogens with zero attached hydrogens (tertiary/aromatic N) is 3. The normalized spacial score (nSPS) is 12.4. The molecule has 0 aliphatic carbocycles. The fourth-order valence-corrected chi connectivity index (χ4v) is 3.17. The zero-order valence-electron chi connectivity index (χ0n) is 13.9. The van der Waals surface area contributed by atoms with E-state index in [0.717, 1.165) is 11.6 Å². The van der Waals surface area contributed by atoms with E-state index in [1.165, 1.54) is 22.7 Å². The minimum absolute atomic E-state index is 0.00891. The van der Waals surface area contributed by atoms with Crippen molar-refractivity contribution >= 4 is 18.4 Å². The van der Waals surface area contributed by atoms with Crippen molar-refractivity contribution in [3.05, 3.63) is 99.2 Å². The van der Waals surface area contributed by atoms with Crippen LogP contribution in [0.15, 0.2) is 59.4 Å². The number of hydrogen-bond acceptors (Lipinski definition) is 4. The van der Waals surface area contributed by atoms with Crippen LogP contribution in [0.4, 0.5) is 8.78 Å². The minimum atomic E-state index is -1.01. The van der Waals surface area contributed by atoms with Crippen molar-refractivity contribution in [3.8, 4) is 0 Å². The smallest absolute Gasteiger partial charge is 0.274 e. The Labute approximate surface area is 158 Å². The summed E-state index contributed by atoms with van der Waals surface area (Å²) in [4.78, 5) is 21.0. The molecule has 8 heteroatoms. The van der Waals surface area contributed by atoms with E-state index in [0.29, 0.717) is 12.2 Å². The lowest BCUT2D eigenvalue weighted by atomic mass is 10.1. The van der Waals surface area contributed by atoms with Crippen molar-refractivity contribution in [1.82, 2.24) is 19.6 Å². The van der Waals surface area contributed by atoms with Gasteiger partial charge >= 0.3 is 0 Å². The van der Waals surface area contributed by atoms with Crippen LogP contribution in [-0.4, -0.2) is 19.6 Å². The predicted octanol–water partition coefficient (Wildman–Crippen LogP) is 3.31. The lowest BCUT2D eigenvalue weighted by Crippen LogP contribution is -2.17. The monoisotopic (exact) mass is 384 g/mol. The minimum Gasteiger partial charge on any atom is -0.275 e. The van der Waals surface area contributed by atoms with E-state index in [9.17, 15) is 13.6 Å². The highest BCUT2D eigenvalue weighted by molar-refractivity contribution is 7.80. The van der Waals surface area contributed by atoms with Crippen molar-refractivity contribution in [2.24, 2.45) is 0 Å². The summed E-state index contributed by atoms with van der Waals surface area (Å²) in [5, 5.41) is 2.01. The third-order valence-corrected chi connectivity index (χ3v) is 4.71. The van der Waals surface area contributed by atoms with Crippen molar-refractivity contribution in [3.63, 3.8) is 0 Å². The lowest BCUT2D eigenvalue weighted by molar-refractivity contribution is 0.500. The maximum atomic E-state index is 14.0. The van der Waals surface area contributed by atoms with Crippen LogP contribution < -0.4 is 5.56 Å². The summed E-state index contributed by atoms with van der Waals surface area (Å²) in [5.74, 6) is -1.27. The number of benzene rings is 2. The number of thiol groups is 1. The van der Waals surface area contributed by atoms with E-state index in [1.807, 2.05) is 30.3 Å². The number of aromatic amines is 1. The van der Waals surface area contributed by atoms with Crippen LogP contribution in [0.1, 0.15) is 27.9 Å². The molecule has 0 fully saturated rings. The first kappa shape index (κ1) is 17.4. The average molecular weight is 384 g/mol. The van der Waals surface area contributed by atoms with Gasteiger partial charge in [-0.3, -0.25) is 9.89 Å². The summed E-state index contributed by atoms with van der Waals surface area (Å²) in [6, 6.07) is 14.7. The summed E-state index contributed by atoms with van der Waals surface area (Å²) in [6.45, 7) is 0. The summed E-state index contributed by atoms with van der Waals surface area (Å²) in [5.41, 5.74) is 0.830. The van der Waals surface area contributed by atoms with Gasteiger partial charge in [-0.2, -0.15) is 22.1 Å². The maximum Gasteiger partial charge on any atom is 0.274 e. The third kappa shape index (κ3) is 3.35. The Morgan fingerprint density at radius 1 is 1.07 bits per heavy atom. The van der Waals surface area contributed by atoms with Gasteiger partial charge in [0.15, 0.2) is 11.6 Å². The topological polar surface area (TPSA) is 63.0 Å². The molecule has 4 rings (SSSR count). The molecule has 2 heterocycles. The van der Waals surface area contributed by atoms with Gasteiger partial charge in [-0.05, 0) is 11.6 Å². The molecule has 136 valence electrons. The summed E-state index contributed by atoms with van der Waals surface area (Å²) >= 11 is 4.33. The van der Waals surface area contributed by atoms with Gasteiger partial charge in [0.2, 0.25) is 0 Å². The molecule has 5 nitrogen and oxygen atoms in total. The Hall–Kier alpha value is -3.00. The van der Waals surface area contributed by atoms with Gasteiger partial charge < -0.3 is 0 Å². The molecule has 0 spiro atoms. The molecule has 0 amide bonds. The van der Waals surface area contributed by atoms with Crippen molar-refractivity contribution in [2.75, 3.05) is 0 Å². The van der Waals surface area contributed by atoms with Crippen molar-refractivity contribution < 1.29 is 8.78 Å². The first-order chi connectivity index (χ1) is 13.0. The molecule has 0 aliphatic heterocycles. The van der Waals surface area contributed by atoms with Gasteiger partial charge in [0.1, 0.15) is 5.82 Å². The molecular weight excluding hydrogens is 370 g/mol. The molecule has 2 aromatic carbocycles. The Morgan fingerprint density at radius 2 is 1.85 bits per heavy atom. The number of halogens is 2. The van der Waals surface area contributed by atoms with Gasteiger partial charge in [-0.15, -0.1) is 0 Å². The zero-order chi connectivity index (χ0) is 19.0. The highest BCUT2D eigenvalue weighted by Crippen LogP contribution is 2.29. The van der Waals surface area contributed by atoms with Gasteiger partial charge in [0, 0.05) is 18.1 Å². The molecule has 0 saturated heterocycles. The molecule has 4 aromatic rings. The van der Waals surface area contributed by atoms with Gasteiger partial charge in [0.05, 0.1) is 10.9 Å². The number of H-pyrrole nitrogens is 1. The zero-order valence-corrected chi connectivity index (χ0v) is 14.8. The Kier molecular flexibility index (Phi) is 4.49. The molecule has 0 saturated carbocycles. The quantitative estimate of drug-likeness (QED) is 0.531. The molecule has 0 aliphatic rings. The summed E-state index contributed by atoms with van der Waals surface area (Å²) in [6.07, 6.45) is 0.502. The first-order valence-corrected chi connectivity index (χ1v) is 8.69. The molecule has 1 atom stereocenters. The highest BCUT2D eigenvalue weighted by atomic mass is 32.1. The van der Waals surface area contributed by atoms with Crippen molar-refractivity contribution in [1.29, 1.82) is 0 Å². The second kappa shape index (κ2) is 6.96. The van der Waals surface area contributed by atoms with E-state index in [-0.39, 0.29) is 17.0 Å². The molecule has 1 N–H and O–H groups in total. The van der Waals surface area contributed by atoms with Crippen LogP contribution in [0.3, 0.4) is 0 Å². The van der Waals surface area contributed by atoms with Gasteiger partial charge in [0.25, 0.3) is 11.3 Å². The van der Waals surface area contributed by atoms with Gasteiger partial charge in [-0.1, -0.05) is 42.5 Å². The molecule has 1 unspecified atom stereocenters. The fraction of sp³-hybridized carbons (Fsp3) is 0.105. The summed E-state index contributed by atoms with van der Waals surface area (Å²) in [7, 11) is 0. The maximum absolute atomic E-state index is 14.0. The largest absolute Gasteiger partial charge is 0.275 e. The highest BCUT2D eigenvalue weighted by Gasteiger charge is 2.20. The number of nitrogens with one attached hydrogen (secondary N) is 1. The molecule has 0 bridgehead atoms. The third-order valence-electron chi connectivity index (χ3n) is 4.17. The molecule has 27 heavy (non-hydrogen) atoms. The van der Waals surface area contributed by atoms with E-state index >= 15 is 0 Å². The number of rotatable bonds is 4. The van der Waals surface area contributed by atoms with E-state index in [2.05, 4.69) is 27.7 Å². The SMILES string of the molecule is O=c1cc(C(S)c2cccc(F)c2F)nc2nc(Cc3ccccc3)[nH]n12. The van der Waals surface area contributed by atoms with E-state index in [1.54, 1.807) is 0 Å². The summed E-state index contributed by atoms with van der Waals surface area (Å²) < 4.78 is 28.7. The van der Waals surface area contributed by atoms with Crippen LogP contribution in [-0.2, 0) is 6.42 Å². The Morgan fingerprint density at radius 3 is 2.63 bits per heavy atom. The molecular formula is C19H14F2N4OS.